The highest BCUT2D eigenvalue weighted by molar-refractivity contribution is 9.10. The second kappa shape index (κ2) is 8.99. The van der Waals surface area contributed by atoms with E-state index in [1.54, 1.807) is 29.2 Å². The molecule has 2 atom stereocenters. The average Bonchev–Trinajstić information content (AvgIpc) is 2.58. The molecule has 1 aromatic rings. The van der Waals surface area contributed by atoms with Crippen LogP contribution >= 0.6 is 15.9 Å². The molecule has 1 fully saturated rings. The van der Waals surface area contributed by atoms with Crippen molar-refractivity contribution >= 4 is 33.7 Å². The highest BCUT2D eigenvalue weighted by Crippen LogP contribution is 2.22. The topological polar surface area (TPSA) is 75.7 Å². The van der Waals surface area contributed by atoms with Gasteiger partial charge >= 0.3 is 5.97 Å². The minimum Gasteiger partial charge on any atom is -0.454 e. The molecule has 25 heavy (non-hydrogen) atoms. The summed E-state index contributed by atoms with van der Waals surface area (Å²) in [6, 6.07) is 7.10. The number of benzene rings is 1. The third-order valence-electron chi connectivity index (χ3n) is 4.34. The number of nitrogens with one attached hydrogen (secondary N) is 1. The Morgan fingerprint density at radius 1 is 1.16 bits per heavy atom. The van der Waals surface area contributed by atoms with Crippen LogP contribution in [-0.2, 0) is 14.3 Å². The summed E-state index contributed by atoms with van der Waals surface area (Å²) >= 11 is 3.29. The highest BCUT2D eigenvalue weighted by Gasteiger charge is 2.29. The fraction of sp³-hybridized carbons (Fsp3) is 0.500. The minimum atomic E-state index is -0.629. The average molecular weight is 411 g/mol. The monoisotopic (exact) mass is 410 g/mol. The van der Waals surface area contributed by atoms with Crippen molar-refractivity contribution in [2.75, 3.05) is 13.2 Å². The third-order valence-corrected chi connectivity index (χ3v) is 4.87. The Labute approximate surface area is 156 Å². The summed E-state index contributed by atoms with van der Waals surface area (Å²) in [5.41, 5.74) is 0.447. The Morgan fingerprint density at radius 2 is 1.76 bits per heavy atom. The SMILES string of the molecule is C[C@@H]1CCC[C@@H](C)N1C(=O)COC(=O)CNC(=O)c1ccc(Br)cc1. The van der Waals surface area contributed by atoms with Gasteiger partial charge in [-0.2, -0.15) is 0 Å². The van der Waals surface area contributed by atoms with Gasteiger partial charge in [-0.3, -0.25) is 14.4 Å². The van der Waals surface area contributed by atoms with Crippen LogP contribution in [-0.4, -0.2) is 47.9 Å². The van der Waals surface area contributed by atoms with Crippen LogP contribution in [0.1, 0.15) is 43.5 Å². The summed E-state index contributed by atoms with van der Waals surface area (Å²) in [6.45, 7) is 3.45. The van der Waals surface area contributed by atoms with Crippen LogP contribution < -0.4 is 5.32 Å². The van der Waals surface area contributed by atoms with Gasteiger partial charge in [0.2, 0.25) is 0 Å². The Balaban J connectivity index is 1.75. The zero-order chi connectivity index (χ0) is 18.4. The summed E-state index contributed by atoms with van der Waals surface area (Å²) in [5.74, 6) is -1.18. The van der Waals surface area contributed by atoms with Crippen molar-refractivity contribution < 1.29 is 19.1 Å². The van der Waals surface area contributed by atoms with Crippen molar-refractivity contribution in [3.05, 3.63) is 34.3 Å². The molecule has 2 rings (SSSR count). The van der Waals surface area contributed by atoms with Crippen LogP contribution in [0.4, 0.5) is 0 Å². The molecule has 0 aromatic heterocycles. The number of piperidine rings is 1. The Hall–Kier alpha value is -1.89. The molecule has 0 bridgehead atoms. The molecule has 6 nitrogen and oxygen atoms in total. The molecule has 0 radical (unpaired) electrons. The molecular formula is C18H23BrN2O4. The molecular weight excluding hydrogens is 388 g/mol. The van der Waals surface area contributed by atoms with E-state index in [2.05, 4.69) is 21.2 Å². The number of amides is 2. The van der Waals surface area contributed by atoms with E-state index in [1.165, 1.54) is 0 Å². The fourth-order valence-electron chi connectivity index (χ4n) is 3.04. The van der Waals surface area contributed by atoms with E-state index < -0.39 is 5.97 Å². The minimum absolute atomic E-state index is 0.159. The van der Waals surface area contributed by atoms with Crippen molar-refractivity contribution in [1.29, 1.82) is 0 Å². The fourth-order valence-corrected chi connectivity index (χ4v) is 3.30. The quantitative estimate of drug-likeness (QED) is 0.756. The van der Waals surface area contributed by atoms with Crippen LogP contribution in [0.2, 0.25) is 0 Å². The second-order valence-electron chi connectivity index (χ2n) is 6.28. The van der Waals surface area contributed by atoms with Crippen molar-refractivity contribution in [3.8, 4) is 0 Å². The summed E-state index contributed by atoms with van der Waals surface area (Å²) in [4.78, 5) is 37.8. The lowest BCUT2D eigenvalue weighted by Gasteiger charge is -2.38. The molecule has 2 amide bonds. The van der Waals surface area contributed by atoms with Crippen molar-refractivity contribution in [2.45, 2.75) is 45.2 Å². The van der Waals surface area contributed by atoms with Gasteiger partial charge in [0.1, 0.15) is 6.54 Å². The van der Waals surface area contributed by atoms with Crippen LogP contribution in [0.25, 0.3) is 0 Å². The van der Waals surface area contributed by atoms with E-state index in [9.17, 15) is 14.4 Å². The smallest absolute Gasteiger partial charge is 0.325 e. The third kappa shape index (κ3) is 5.56. The lowest BCUT2D eigenvalue weighted by molar-refractivity contribution is -0.154. The van der Waals surface area contributed by atoms with E-state index >= 15 is 0 Å². The van der Waals surface area contributed by atoms with Gasteiger partial charge in [0, 0.05) is 22.1 Å². The molecule has 0 unspecified atom stereocenters. The number of rotatable bonds is 5. The van der Waals surface area contributed by atoms with Crippen molar-refractivity contribution in [1.82, 2.24) is 10.2 Å². The first-order valence-electron chi connectivity index (χ1n) is 8.39. The molecule has 136 valence electrons. The molecule has 0 aliphatic carbocycles. The van der Waals surface area contributed by atoms with Gasteiger partial charge in [0.25, 0.3) is 11.8 Å². The summed E-state index contributed by atoms with van der Waals surface area (Å²) in [5, 5.41) is 2.49. The number of likely N-dealkylation sites (tertiary alicyclic amines) is 1. The molecule has 1 heterocycles. The normalized spacial score (nSPS) is 20.0. The number of esters is 1. The number of hydrogen-bond acceptors (Lipinski definition) is 4. The molecule has 0 spiro atoms. The van der Waals surface area contributed by atoms with Gasteiger partial charge in [-0.05, 0) is 57.4 Å². The number of nitrogens with zero attached hydrogens (tertiary/aromatic N) is 1. The number of halogens is 1. The summed E-state index contributed by atoms with van der Waals surface area (Å²) in [7, 11) is 0. The van der Waals surface area contributed by atoms with Crippen LogP contribution in [0.15, 0.2) is 28.7 Å². The molecule has 1 N–H and O–H groups in total. The number of ether oxygens (including phenoxy) is 1. The van der Waals surface area contributed by atoms with Gasteiger partial charge in [-0.25, -0.2) is 0 Å². The molecule has 1 saturated heterocycles. The molecule has 0 saturated carbocycles. The van der Waals surface area contributed by atoms with E-state index in [0.29, 0.717) is 5.56 Å². The van der Waals surface area contributed by atoms with Crippen LogP contribution in [0.5, 0.6) is 0 Å². The van der Waals surface area contributed by atoms with Gasteiger partial charge in [0.15, 0.2) is 6.61 Å². The molecule has 1 aromatic carbocycles. The van der Waals surface area contributed by atoms with Crippen LogP contribution in [0.3, 0.4) is 0 Å². The summed E-state index contributed by atoms with van der Waals surface area (Å²) in [6.07, 6.45) is 3.04. The molecule has 1 aliphatic rings. The predicted molar refractivity (Wildman–Crippen MR) is 97.1 cm³/mol. The number of carbonyl (C=O) groups is 3. The van der Waals surface area contributed by atoms with E-state index in [4.69, 9.17) is 4.74 Å². The maximum Gasteiger partial charge on any atom is 0.325 e. The van der Waals surface area contributed by atoms with Gasteiger partial charge in [0.05, 0.1) is 0 Å². The lowest BCUT2D eigenvalue weighted by Crippen LogP contribution is -2.49. The van der Waals surface area contributed by atoms with E-state index in [1.807, 2.05) is 13.8 Å². The first-order chi connectivity index (χ1) is 11.9. The largest absolute Gasteiger partial charge is 0.454 e. The first-order valence-corrected chi connectivity index (χ1v) is 9.18. The zero-order valence-corrected chi connectivity index (χ0v) is 16.0. The lowest BCUT2D eigenvalue weighted by atomic mass is 9.97. The Bertz CT molecular complexity index is 622. The van der Waals surface area contributed by atoms with E-state index in [0.717, 1.165) is 23.7 Å². The van der Waals surface area contributed by atoms with E-state index in [-0.39, 0.29) is 37.0 Å². The maximum absolute atomic E-state index is 12.3. The van der Waals surface area contributed by atoms with Crippen molar-refractivity contribution in [3.63, 3.8) is 0 Å². The molecule has 1 aliphatic heterocycles. The van der Waals surface area contributed by atoms with Crippen molar-refractivity contribution in [2.24, 2.45) is 0 Å². The standard InChI is InChI=1S/C18H23BrN2O4/c1-12-4-3-5-13(2)21(12)16(22)11-25-17(23)10-20-18(24)14-6-8-15(19)9-7-14/h6-9,12-13H,3-5,10-11H2,1-2H3,(H,20,24)/t12-,13-/m1/s1. The second-order valence-corrected chi connectivity index (χ2v) is 7.20. The van der Waals surface area contributed by atoms with Gasteiger partial charge < -0.3 is 15.0 Å². The van der Waals surface area contributed by atoms with Gasteiger partial charge in [-0.1, -0.05) is 15.9 Å². The highest BCUT2D eigenvalue weighted by atomic mass is 79.9. The maximum atomic E-state index is 12.3. The Morgan fingerprint density at radius 3 is 2.36 bits per heavy atom. The molecule has 7 heteroatoms. The predicted octanol–water partition coefficient (Wildman–Crippen LogP) is 2.51. The zero-order valence-electron chi connectivity index (χ0n) is 14.5. The van der Waals surface area contributed by atoms with Gasteiger partial charge in [-0.15, -0.1) is 0 Å². The first kappa shape index (κ1) is 19.4. The number of hydrogen-bond donors (Lipinski definition) is 1. The summed E-state index contributed by atoms with van der Waals surface area (Å²) < 4.78 is 5.87. The Kier molecular flexibility index (Phi) is 6.99. The number of carbonyl (C=O) groups excluding carboxylic acids is 3. The van der Waals surface area contributed by atoms with Crippen LogP contribution in [0, 0.1) is 0 Å².